The van der Waals surface area contributed by atoms with Crippen molar-refractivity contribution in [1.29, 1.82) is 0 Å². The van der Waals surface area contributed by atoms with Gasteiger partial charge in [-0.1, -0.05) is 6.92 Å². The quantitative estimate of drug-likeness (QED) is 0.807. The number of H-pyrrole nitrogens is 1. The van der Waals surface area contributed by atoms with E-state index < -0.39 is 10.0 Å². The molecule has 2 rings (SSSR count). The highest BCUT2D eigenvalue weighted by atomic mass is 32.2. The van der Waals surface area contributed by atoms with Gasteiger partial charge in [0.25, 0.3) is 10.0 Å². The smallest absolute Gasteiger partial charge is 0.260 e. The summed E-state index contributed by atoms with van der Waals surface area (Å²) < 4.78 is 26.1. The van der Waals surface area contributed by atoms with Gasteiger partial charge >= 0.3 is 0 Å². The number of nitrogens with two attached hydrogens (primary N) is 1. The molecule has 0 bridgehead atoms. The molecule has 3 N–H and O–H groups in total. The lowest BCUT2D eigenvalue weighted by Gasteiger charge is -2.36. The van der Waals surface area contributed by atoms with Crippen LogP contribution in [0.5, 0.6) is 0 Å². The summed E-state index contributed by atoms with van der Waals surface area (Å²) in [5.41, 5.74) is 5.67. The maximum atomic E-state index is 12.3. The molecule has 2 unspecified atom stereocenters. The zero-order valence-electron chi connectivity index (χ0n) is 9.83. The van der Waals surface area contributed by atoms with Gasteiger partial charge in [-0.25, -0.2) is 8.42 Å². The van der Waals surface area contributed by atoms with E-state index in [1.165, 1.54) is 16.6 Å². The standard InChI is InChI=1S/C10H18N4O2S/c1-8-3-5-14(9(6-8)7-11)17(15,16)10-2-4-12-13-10/h2,4,8-9H,3,5-7,11H2,1H3,(H,12,13). The third kappa shape index (κ3) is 2.36. The minimum atomic E-state index is -3.47. The van der Waals surface area contributed by atoms with E-state index in [1.54, 1.807) is 0 Å². The van der Waals surface area contributed by atoms with Gasteiger partial charge in [0, 0.05) is 19.1 Å². The lowest BCUT2D eigenvalue weighted by Crippen LogP contribution is -2.49. The Morgan fingerprint density at radius 3 is 3.00 bits per heavy atom. The Morgan fingerprint density at radius 2 is 2.41 bits per heavy atom. The molecule has 1 aromatic heterocycles. The van der Waals surface area contributed by atoms with Crippen LogP contribution in [0, 0.1) is 5.92 Å². The maximum absolute atomic E-state index is 12.3. The van der Waals surface area contributed by atoms with Crippen LogP contribution in [0.3, 0.4) is 0 Å². The number of aromatic nitrogens is 2. The van der Waals surface area contributed by atoms with E-state index in [4.69, 9.17) is 5.73 Å². The Morgan fingerprint density at radius 1 is 1.65 bits per heavy atom. The molecular formula is C10H18N4O2S. The van der Waals surface area contributed by atoms with E-state index >= 15 is 0 Å². The van der Waals surface area contributed by atoms with Gasteiger partial charge in [0.2, 0.25) is 0 Å². The second-order valence-corrected chi connectivity index (χ2v) is 6.41. The largest absolute Gasteiger partial charge is 0.329 e. The van der Waals surface area contributed by atoms with Gasteiger partial charge in [0.15, 0.2) is 5.03 Å². The zero-order chi connectivity index (χ0) is 12.5. The van der Waals surface area contributed by atoms with Crippen molar-refractivity contribution in [1.82, 2.24) is 14.5 Å². The molecule has 6 nitrogen and oxygen atoms in total. The van der Waals surface area contributed by atoms with Crippen LogP contribution in [0.2, 0.25) is 0 Å². The van der Waals surface area contributed by atoms with Crippen LogP contribution < -0.4 is 5.73 Å². The first-order chi connectivity index (χ1) is 8.05. The second-order valence-electron chi connectivity index (χ2n) is 4.56. The van der Waals surface area contributed by atoms with Gasteiger partial charge in [-0.3, -0.25) is 5.10 Å². The van der Waals surface area contributed by atoms with Crippen LogP contribution in [0.15, 0.2) is 17.3 Å². The van der Waals surface area contributed by atoms with Crippen molar-refractivity contribution in [3.8, 4) is 0 Å². The number of hydrogen-bond donors (Lipinski definition) is 2. The normalized spacial score (nSPS) is 27.2. The van der Waals surface area contributed by atoms with E-state index in [2.05, 4.69) is 17.1 Å². The Kier molecular flexibility index (Phi) is 3.50. The maximum Gasteiger partial charge on any atom is 0.260 e. The SMILES string of the molecule is CC1CCN(S(=O)(=O)c2ccn[nH]2)C(CN)C1. The van der Waals surface area contributed by atoms with Gasteiger partial charge in [-0.05, 0) is 24.8 Å². The molecule has 1 fully saturated rings. The summed E-state index contributed by atoms with van der Waals surface area (Å²) in [4.78, 5) is 0. The van der Waals surface area contributed by atoms with Crippen LogP contribution in [-0.2, 0) is 10.0 Å². The summed E-state index contributed by atoms with van der Waals surface area (Å²) in [6, 6.07) is 1.37. The lowest BCUT2D eigenvalue weighted by molar-refractivity contribution is 0.210. The lowest BCUT2D eigenvalue weighted by atomic mass is 9.94. The Labute approximate surface area is 101 Å². The van der Waals surface area contributed by atoms with Gasteiger partial charge in [0.05, 0.1) is 6.20 Å². The molecule has 0 aliphatic carbocycles. The third-order valence-electron chi connectivity index (χ3n) is 3.26. The van der Waals surface area contributed by atoms with Crippen molar-refractivity contribution in [2.75, 3.05) is 13.1 Å². The number of nitrogens with one attached hydrogen (secondary N) is 1. The van der Waals surface area contributed by atoms with E-state index in [0.29, 0.717) is 19.0 Å². The molecule has 0 saturated carbocycles. The first-order valence-electron chi connectivity index (χ1n) is 5.77. The monoisotopic (exact) mass is 258 g/mol. The predicted octanol–water partition coefficient (Wildman–Crippen LogP) is 0.158. The van der Waals surface area contributed by atoms with Crippen molar-refractivity contribution in [2.24, 2.45) is 11.7 Å². The number of nitrogens with zero attached hydrogens (tertiary/aromatic N) is 2. The molecule has 7 heteroatoms. The van der Waals surface area contributed by atoms with E-state index in [9.17, 15) is 8.42 Å². The molecule has 1 aliphatic rings. The van der Waals surface area contributed by atoms with Gasteiger partial charge in [0.1, 0.15) is 0 Å². The highest BCUT2D eigenvalue weighted by molar-refractivity contribution is 7.89. The molecule has 0 amide bonds. The summed E-state index contributed by atoms with van der Waals surface area (Å²) in [7, 11) is -3.47. The third-order valence-corrected chi connectivity index (χ3v) is 5.14. The molecular weight excluding hydrogens is 240 g/mol. The molecule has 0 aromatic carbocycles. The summed E-state index contributed by atoms with van der Waals surface area (Å²) in [5, 5.41) is 6.34. The van der Waals surface area contributed by atoms with Crippen molar-refractivity contribution in [2.45, 2.75) is 30.8 Å². The van der Waals surface area contributed by atoms with Crippen molar-refractivity contribution >= 4 is 10.0 Å². The van der Waals surface area contributed by atoms with Crippen LogP contribution in [-0.4, -0.2) is 42.1 Å². The van der Waals surface area contributed by atoms with E-state index in [-0.39, 0.29) is 11.1 Å². The van der Waals surface area contributed by atoms with Crippen LogP contribution in [0.1, 0.15) is 19.8 Å². The first kappa shape index (κ1) is 12.5. The summed E-state index contributed by atoms with van der Waals surface area (Å²) >= 11 is 0. The van der Waals surface area contributed by atoms with E-state index in [0.717, 1.165) is 12.8 Å². The molecule has 1 aromatic rings. The average Bonchev–Trinajstić information content (AvgIpc) is 2.82. The van der Waals surface area contributed by atoms with E-state index in [1.807, 2.05) is 0 Å². The molecule has 2 heterocycles. The molecule has 2 atom stereocenters. The topological polar surface area (TPSA) is 92.1 Å². The number of hydrogen-bond acceptors (Lipinski definition) is 4. The summed E-state index contributed by atoms with van der Waals surface area (Å²) in [6.45, 7) is 3.02. The van der Waals surface area contributed by atoms with Crippen LogP contribution >= 0.6 is 0 Å². The van der Waals surface area contributed by atoms with Crippen LogP contribution in [0.4, 0.5) is 0 Å². The van der Waals surface area contributed by atoms with Crippen LogP contribution in [0.25, 0.3) is 0 Å². The Bertz CT molecular complexity index is 457. The fraction of sp³-hybridized carbons (Fsp3) is 0.700. The average molecular weight is 258 g/mol. The van der Waals surface area contributed by atoms with Gasteiger partial charge in [-0.2, -0.15) is 9.40 Å². The number of rotatable bonds is 3. The fourth-order valence-electron chi connectivity index (χ4n) is 2.27. The van der Waals surface area contributed by atoms with Gasteiger partial charge < -0.3 is 5.73 Å². The molecule has 1 aliphatic heterocycles. The molecule has 0 spiro atoms. The molecule has 0 radical (unpaired) electrons. The fourth-order valence-corrected chi connectivity index (χ4v) is 3.84. The summed E-state index contributed by atoms with van der Waals surface area (Å²) in [5.74, 6) is 0.525. The highest BCUT2D eigenvalue weighted by Gasteiger charge is 2.35. The first-order valence-corrected chi connectivity index (χ1v) is 7.21. The number of sulfonamides is 1. The van der Waals surface area contributed by atoms with Gasteiger partial charge in [-0.15, -0.1) is 0 Å². The summed E-state index contributed by atoms with van der Waals surface area (Å²) in [6.07, 6.45) is 3.14. The Balaban J connectivity index is 2.27. The highest BCUT2D eigenvalue weighted by Crippen LogP contribution is 2.26. The minimum Gasteiger partial charge on any atom is -0.329 e. The number of piperidine rings is 1. The molecule has 96 valence electrons. The van der Waals surface area contributed by atoms with Crippen molar-refractivity contribution in [3.05, 3.63) is 12.3 Å². The predicted molar refractivity (Wildman–Crippen MR) is 63.7 cm³/mol. The Hall–Kier alpha value is -0.920. The molecule has 1 saturated heterocycles. The zero-order valence-corrected chi connectivity index (χ0v) is 10.7. The molecule has 17 heavy (non-hydrogen) atoms. The van der Waals surface area contributed by atoms with Crippen molar-refractivity contribution in [3.63, 3.8) is 0 Å². The number of aromatic amines is 1. The van der Waals surface area contributed by atoms with Crippen molar-refractivity contribution < 1.29 is 8.42 Å². The second kappa shape index (κ2) is 4.75. The minimum absolute atomic E-state index is 0.105.